The SMILES string of the molecule is Cc1ccc([N+](=O)[O-])c(OCC(=O)NCCc2ccc(OC(F)F)cc2)c1. The fourth-order valence-electron chi connectivity index (χ4n) is 2.27. The Morgan fingerprint density at radius 2 is 1.93 bits per heavy atom. The van der Waals surface area contributed by atoms with Crippen LogP contribution < -0.4 is 14.8 Å². The average molecular weight is 380 g/mol. The molecule has 0 aliphatic rings. The van der Waals surface area contributed by atoms with E-state index in [2.05, 4.69) is 10.1 Å². The zero-order chi connectivity index (χ0) is 19.8. The number of nitro benzene ring substituents is 1. The summed E-state index contributed by atoms with van der Waals surface area (Å²) >= 11 is 0. The zero-order valence-corrected chi connectivity index (χ0v) is 14.5. The zero-order valence-electron chi connectivity index (χ0n) is 14.5. The summed E-state index contributed by atoms with van der Waals surface area (Å²) in [6, 6.07) is 10.5. The summed E-state index contributed by atoms with van der Waals surface area (Å²) < 4.78 is 33.7. The van der Waals surface area contributed by atoms with Crippen LogP contribution in [0.4, 0.5) is 14.5 Å². The second-order valence-corrected chi connectivity index (χ2v) is 5.64. The lowest BCUT2D eigenvalue weighted by Crippen LogP contribution is -2.30. The van der Waals surface area contributed by atoms with Crippen LogP contribution >= 0.6 is 0 Å². The molecule has 7 nitrogen and oxygen atoms in total. The van der Waals surface area contributed by atoms with Crippen molar-refractivity contribution in [2.24, 2.45) is 0 Å². The van der Waals surface area contributed by atoms with Crippen LogP contribution in [0.5, 0.6) is 11.5 Å². The topological polar surface area (TPSA) is 90.7 Å². The van der Waals surface area contributed by atoms with Crippen LogP contribution in [0.1, 0.15) is 11.1 Å². The molecule has 2 aromatic carbocycles. The van der Waals surface area contributed by atoms with Gasteiger partial charge in [-0.1, -0.05) is 18.2 Å². The summed E-state index contributed by atoms with van der Waals surface area (Å²) in [6.07, 6.45) is 0.477. The van der Waals surface area contributed by atoms with Crippen LogP contribution in [0.15, 0.2) is 42.5 Å². The number of rotatable bonds is 9. The normalized spacial score (nSPS) is 10.5. The Balaban J connectivity index is 1.78. The van der Waals surface area contributed by atoms with Crippen molar-refractivity contribution in [1.29, 1.82) is 0 Å². The van der Waals surface area contributed by atoms with Gasteiger partial charge in [-0.15, -0.1) is 0 Å². The smallest absolute Gasteiger partial charge is 0.387 e. The highest BCUT2D eigenvalue weighted by Gasteiger charge is 2.16. The van der Waals surface area contributed by atoms with Crippen LogP contribution in [-0.4, -0.2) is 30.6 Å². The molecule has 2 rings (SSSR count). The minimum absolute atomic E-state index is 0.0322. The van der Waals surface area contributed by atoms with Gasteiger partial charge in [0.05, 0.1) is 4.92 Å². The van der Waals surface area contributed by atoms with Gasteiger partial charge in [-0.25, -0.2) is 0 Å². The van der Waals surface area contributed by atoms with Gasteiger partial charge in [-0.2, -0.15) is 8.78 Å². The Kier molecular flexibility index (Phi) is 7.04. The van der Waals surface area contributed by atoms with Gasteiger partial charge in [0.2, 0.25) is 0 Å². The van der Waals surface area contributed by atoms with E-state index < -0.39 is 17.4 Å². The first kappa shape index (κ1) is 20.1. The molecule has 0 atom stereocenters. The molecule has 0 bridgehead atoms. The molecule has 1 N–H and O–H groups in total. The summed E-state index contributed by atoms with van der Waals surface area (Å²) in [5.41, 5.74) is 1.39. The summed E-state index contributed by atoms with van der Waals surface area (Å²) in [7, 11) is 0. The van der Waals surface area contributed by atoms with E-state index >= 15 is 0 Å². The fourth-order valence-corrected chi connectivity index (χ4v) is 2.27. The number of hydrogen-bond donors (Lipinski definition) is 1. The van der Waals surface area contributed by atoms with Gasteiger partial charge in [-0.3, -0.25) is 14.9 Å². The van der Waals surface area contributed by atoms with Crippen molar-refractivity contribution < 1.29 is 28.0 Å². The summed E-state index contributed by atoms with van der Waals surface area (Å²) in [5, 5.41) is 13.6. The molecule has 0 heterocycles. The number of carbonyl (C=O) groups is 1. The van der Waals surface area contributed by atoms with Crippen LogP contribution in [-0.2, 0) is 11.2 Å². The number of aryl methyl sites for hydroxylation is 1. The minimum Gasteiger partial charge on any atom is -0.477 e. The number of alkyl halides is 2. The molecule has 144 valence electrons. The quantitative estimate of drug-likeness (QED) is 0.533. The van der Waals surface area contributed by atoms with Crippen molar-refractivity contribution in [2.75, 3.05) is 13.2 Å². The van der Waals surface area contributed by atoms with E-state index in [0.29, 0.717) is 13.0 Å². The van der Waals surface area contributed by atoms with Crippen molar-refractivity contribution in [3.63, 3.8) is 0 Å². The Bertz CT molecular complexity index is 797. The molecule has 0 saturated carbocycles. The molecule has 0 aliphatic heterocycles. The molecular formula is C18H18F2N2O5. The molecule has 0 fully saturated rings. The number of amides is 1. The molecule has 27 heavy (non-hydrogen) atoms. The van der Waals surface area contributed by atoms with E-state index in [1.165, 1.54) is 24.3 Å². The highest BCUT2D eigenvalue weighted by molar-refractivity contribution is 5.77. The number of nitrogens with zero attached hydrogens (tertiary/aromatic N) is 1. The van der Waals surface area contributed by atoms with E-state index in [0.717, 1.165) is 11.1 Å². The highest BCUT2D eigenvalue weighted by atomic mass is 19.3. The molecule has 0 saturated heterocycles. The van der Waals surface area contributed by atoms with Crippen LogP contribution in [0, 0.1) is 17.0 Å². The van der Waals surface area contributed by atoms with Crippen molar-refractivity contribution in [2.45, 2.75) is 20.0 Å². The van der Waals surface area contributed by atoms with Gasteiger partial charge < -0.3 is 14.8 Å². The third-order valence-electron chi connectivity index (χ3n) is 3.56. The predicted octanol–water partition coefficient (Wildman–Crippen LogP) is 3.24. The number of carbonyl (C=O) groups excluding carboxylic acids is 1. The Labute approximate surface area is 154 Å². The molecule has 0 aliphatic carbocycles. The molecule has 1 amide bonds. The van der Waals surface area contributed by atoms with Gasteiger partial charge in [0.15, 0.2) is 12.4 Å². The minimum atomic E-state index is -2.88. The predicted molar refractivity (Wildman–Crippen MR) is 93.1 cm³/mol. The molecule has 0 aromatic heterocycles. The van der Waals surface area contributed by atoms with Crippen LogP contribution in [0.2, 0.25) is 0 Å². The van der Waals surface area contributed by atoms with E-state index in [1.807, 2.05) is 0 Å². The lowest BCUT2D eigenvalue weighted by Gasteiger charge is -2.09. The maximum absolute atomic E-state index is 12.1. The van der Waals surface area contributed by atoms with Crippen LogP contribution in [0.3, 0.4) is 0 Å². The first-order valence-corrected chi connectivity index (χ1v) is 8.03. The molecule has 9 heteroatoms. The van der Waals surface area contributed by atoms with Gasteiger partial charge in [0.25, 0.3) is 5.91 Å². The summed E-state index contributed by atoms with van der Waals surface area (Å²) in [4.78, 5) is 22.2. The number of halogens is 2. The van der Waals surface area contributed by atoms with Crippen molar-refractivity contribution in [3.8, 4) is 11.5 Å². The number of benzene rings is 2. The molecule has 2 aromatic rings. The lowest BCUT2D eigenvalue weighted by molar-refractivity contribution is -0.385. The van der Waals surface area contributed by atoms with Gasteiger partial charge >= 0.3 is 12.3 Å². The number of nitro groups is 1. The second kappa shape index (κ2) is 9.46. The maximum Gasteiger partial charge on any atom is 0.387 e. The average Bonchev–Trinajstić information content (AvgIpc) is 2.61. The largest absolute Gasteiger partial charge is 0.477 e. The number of hydrogen-bond acceptors (Lipinski definition) is 5. The molecule has 0 unspecified atom stereocenters. The fraction of sp³-hybridized carbons (Fsp3) is 0.278. The molecular weight excluding hydrogens is 362 g/mol. The number of ether oxygens (including phenoxy) is 2. The van der Waals surface area contributed by atoms with E-state index in [1.54, 1.807) is 25.1 Å². The van der Waals surface area contributed by atoms with E-state index in [-0.39, 0.29) is 23.8 Å². The summed E-state index contributed by atoms with van der Waals surface area (Å²) in [5.74, 6) is -0.334. The standard InChI is InChI=1S/C18H18F2N2O5/c1-12-2-7-15(22(24)25)16(10-12)26-11-17(23)21-9-8-13-3-5-14(6-4-13)27-18(19)20/h2-7,10,18H,8-9,11H2,1H3,(H,21,23). The molecule has 0 spiro atoms. The van der Waals surface area contributed by atoms with E-state index in [4.69, 9.17) is 4.74 Å². The first-order chi connectivity index (χ1) is 12.8. The maximum atomic E-state index is 12.1. The van der Waals surface area contributed by atoms with Crippen molar-refractivity contribution >= 4 is 11.6 Å². The highest BCUT2D eigenvalue weighted by Crippen LogP contribution is 2.27. The van der Waals surface area contributed by atoms with Gasteiger partial charge in [-0.05, 0) is 42.7 Å². The Morgan fingerprint density at radius 3 is 2.56 bits per heavy atom. The Hall–Kier alpha value is -3.23. The number of nitrogens with one attached hydrogen (secondary N) is 1. The first-order valence-electron chi connectivity index (χ1n) is 8.03. The second-order valence-electron chi connectivity index (χ2n) is 5.64. The monoisotopic (exact) mass is 380 g/mol. The van der Waals surface area contributed by atoms with Crippen LogP contribution in [0.25, 0.3) is 0 Å². The van der Waals surface area contributed by atoms with Crippen molar-refractivity contribution in [3.05, 3.63) is 63.7 Å². The van der Waals surface area contributed by atoms with E-state index in [9.17, 15) is 23.7 Å². The van der Waals surface area contributed by atoms with Gasteiger partial charge in [0, 0.05) is 12.6 Å². The molecule has 0 radical (unpaired) electrons. The van der Waals surface area contributed by atoms with Gasteiger partial charge in [0.1, 0.15) is 5.75 Å². The third-order valence-corrected chi connectivity index (χ3v) is 3.56. The Morgan fingerprint density at radius 1 is 1.22 bits per heavy atom. The lowest BCUT2D eigenvalue weighted by atomic mass is 10.1. The summed E-state index contributed by atoms with van der Waals surface area (Å²) in [6.45, 7) is -1.17. The third kappa shape index (κ3) is 6.53. The van der Waals surface area contributed by atoms with Crippen molar-refractivity contribution in [1.82, 2.24) is 5.32 Å².